The fraction of sp³-hybridized carbons (Fsp3) is 0.647. The highest BCUT2D eigenvalue weighted by Crippen LogP contribution is 2.25. The van der Waals surface area contributed by atoms with Gasteiger partial charge in [0.1, 0.15) is 0 Å². The molecule has 1 N–H and O–H groups in total. The van der Waals surface area contributed by atoms with Crippen LogP contribution in [-0.2, 0) is 9.59 Å². The van der Waals surface area contributed by atoms with Gasteiger partial charge in [0.25, 0.3) is 0 Å². The van der Waals surface area contributed by atoms with Crippen molar-refractivity contribution in [2.75, 3.05) is 7.05 Å². The zero-order valence-electron chi connectivity index (χ0n) is 13.5. The fourth-order valence-corrected chi connectivity index (χ4v) is 3.90. The number of rotatable bonds is 5. The first kappa shape index (κ1) is 17.0. The Kier molecular flexibility index (Phi) is 6.43. The number of hydrogen-bond donors (Lipinski definition) is 1. The van der Waals surface area contributed by atoms with Gasteiger partial charge in [0.05, 0.1) is 12.5 Å². The Morgan fingerprint density at radius 3 is 2.55 bits per heavy atom. The molecule has 0 saturated heterocycles. The predicted molar refractivity (Wildman–Crippen MR) is 89.8 cm³/mol. The largest absolute Gasteiger partial charge is 0.348 e. The Bertz CT molecular complexity index is 479. The second kappa shape index (κ2) is 8.32. The predicted octanol–water partition coefficient (Wildman–Crippen LogP) is 3.50. The van der Waals surface area contributed by atoms with Crippen LogP contribution in [0.1, 0.15) is 62.8 Å². The molecule has 1 aromatic rings. The Morgan fingerprint density at radius 1 is 1.32 bits per heavy atom. The molecular formula is C17H26N2O2S. The Labute approximate surface area is 136 Å². The number of thiophene rings is 1. The van der Waals surface area contributed by atoms with E-state index in [-0.39, 0.29) is 17.9 Å². The number of carbonyl (C=O) groups excluding carboxylic acids is 2. The van der Waals surface area contributed by atoms with E-state index in [0.29, 0.717) is 12.5 Å². The van der Waals surface area contributed by atoms with Gasteiger partial charge in [-0.25, -0.2) is 0 Å². The number of amides is 2. The lowest BCUT2D eigenvalue weighted by Gasteiger charge is -2.29. The monoisotopic (exact) mass is 322 g/mol. The van der Waals surface area contributed by atoms with E-state index in [1.54, 1.807) is 11.3 Å². The van der Waals surface area contributed by atoms with Gasteiger partial charge in [-0.2, -0.15) is 0 Å². The molecule has 1 aromatic heterocycles. The smallest absolute Gasteiger partial charge is 0.225 e. The maximum absolute atomic E-state index is 12.6. The van der Waals surface area contributed by atoms with Crippen molar-refractivity contribution < 1.29 is 9.59 Å². The van der Waals surface area contributed by atoms with Gasteiger partial charge >= 0.3 is 0 Å². The Morgan fingerprint density at radius 2 is 2.00 bits per heavy atom. The average Bonchev–Trinajstić information content (AvgIpc) is 2.88. The van der Waals surface area contributed by atoms with E-state index in [1.807, 2.05) is 29.5 Å². The van der Waals surface area contributed by atoms with Gasteiger partial charge in [0.2, 0.25) is 11.8 Å². The van der Waals surface area contributed by atoms with E-state index in [2.05, 4.69) is 5.32 Å². The second-order valence-electron chi connectivity index (χ2n) is 6.12. The molecule has 1 saturated carbocycles. The van der Waals surface area contributed by atoms with Gasteiger partial charge in [-0.1, -0.05) is 31.7 Å². The molecule has 1 aliphatic carbocycles. The minimum atomic E-state index is -0.210. The molecule has 1 heterocycles. The first-order chi connectivity index (χ1) is 10.6. The summed E-state index contributed by atoms with van der Waals surface area (Å²) in [6.45, 7) is 1.50. The average molecular weight is 322 g/mol. The summed E-state index contributed by atoms with van der Waals surface area (Å²) in [5.41, 5.74) is 0. The van der Waals surface area contributed by atoms with E-state index in [9.17, 15) is 9.59 Å². The molecule has 2 rings (SSSR count). The molecule has 0 aliphatic heterocycles. The van der Waals surface area contributed by atoms with Crippen molar-refractivity contribution in [3.63, 3.8) is 0 Å². The van der Waals surface area contributed by atoms with Crippen molar-refractivity contribution in [1.29, 1.82) is 0 Å². The van der Waals surface area contributed by atoms with Crippen LogP contribution in [0.5, 0.6) is 0 Å². The molecule has 22 heavy (non-hydrogen) atoms. The lowest BCUT2D eigenvalue weighted by Crippen LogP contribution is -2.39. The molecule has 1 fully saturated rings. The molecule has 2 amide bonds. The van der Waals surface area contributed by atoms with Crippen LogP contribution in [0, 0.1) is 0 Å². The third-order valence-electron chi connectivity index (χ3n) is 4.41. The molecule has 0 bridgehead atoms. The summed E-state index contributed by atoms with van der Waals surface area (Å²) >= 11 is 1.58. The van der Waals surface area contributed by atoms with Crippen molar-refractivity contribution in [3.8, 4) is 0 Å². The van der Waals surface area contributed by atoms with Crippen LogP contribution in [0.15, 0.2) is 17.5 Å². The fourth-order valence-electron chi connectivity index (χ4n) is 3.13. The van der Waals surface area contributed by atoms with Crippen LogP contribution in [0.25, 0.3) is 0 Å². The maximum atomic E-state index is 12.6. The molecule has 0 spiro atoms. The van der Waals surface area contributed by atoms with Gasteiger partial charge in [-0.15, -0.1) is 11.3 Å². The van der Waals surface area contributed by atoms with E-state index >= 15 is 0 Å². The molecular weight excluding hydrogens is 296 g/mol. The maximum Gasteiger partial charge on any atom is 0.225 e. The summed E-state index contributed by atoms with van der Waals surface area (Å²) < 4.78 is 0. The summed E-state index contributed by atoms with van der Waals surface area (Å²) in [5.74, 6) is 0.0300. The van der Waals surface area contributed by atoms with Crippen LogP contribution >= 0.6 is 11.3 Å². The van der Waals surface area contributed by atoms with Crippen molar-refractivity contribution in [3.05, 3.63) is 22.4 Å². The van der Waals surface area contributed by atoms with Crippen molar-refractivity contribution in [2.24, 2.45) is 0 Å². The van der Waals surface area contributed by atoms with Crippen LogP contribution in [0.4, 0.5) is 0 Å². The third kappa shape index (κ3) is 4.83. The zero-order valence-corrected chi connectivity index (χ0v) is 14.3. The van der Waals surface area contributed by atoms with Gasteiger partial charge < -0.3 is 10.2 Å². The molecule has 1 aliphatic rings. The highest BCUT2D eigenvalue weighted by Gasteiger charge is 2.25. The topological polar surface area (TPSA) is 49.4 Å². The summed E-state index contributed by atoms with van der Waals surface area (Å²) in [5, 5.41) is 4.88. The number of hydrogen-bond acceptors (Lipinski definition) is 3. The molecule has 1 unspecified atom stereocenters. The van der Waals surface area contributed by atoms with Crippen molar-refractivity contribution in [2.45, 2.75) is 64.0 Å². The van der Waals surface area contributed by atoms with Crippen LogP contribution in [-0.4, -0.2) is 29.8 Å². The molecule has 0 radical (unpaired) electrons. The lowest BCUT2D eigenvalue weighted by atomic mass is 10.1. The lowest BCUT2D eigenvalue weighted by molar-refractivity contribution is -0.133. The number of nitrogens with zero attached hydrogens (tertiary/aromatic N) is 1. The highest BCUT2D eigenvalue weighted by atomic mass is 32.1. The molecule has 5 heteroatoms. The first-order valence-corrected chi connectivity index (χ1v) is 9.02. The normalized spacial score (nSPS) is 17.5. The second-order valence-corrected chi connectivity index (χ2v) is 7.10. The minimum Gasteiger partial charge on any atom is -0.348 e. The van der Waals surface area contributed by atoms with Crippen LogP contribution in [0.2, 0.25) is 0 Å². The van der Waals surface area contributed by atoms with E-state index < -0.39 is 0 Å². The summed E-state index contributed by atoms with van der Waals surface area (Å²) in [6, 6.07) is 4.08. The van der Waals surface area contributed by atoms with Gasteiger partial charge in [-0.05, 0) is 24.3 Å². The third-order valence-corrected chi connectivity index (χ3v) is 5.39. The SMILES string of the molecule is CC(=O)NC(CC(=O)N(C)C1CCCCCC1)c1cccs1. The summed E-state index contributed by atoms with van der Waals surface area (Å²) in [6.07, 6.45) is 7.53. The quantitative estimate of drug-likeness (QED) is 0.844. The van der Waals surface area contributed by atoms with E-state index in [0.717, 1.165) is 17.7 Å². The number of nitrogens with one attached hydrogen (secondary N) is 1. The summed E-state index contributed by atoms with van der Waals surface area (Å²) in [7, 11) is 1.91. The molecule has 122 valence electrons. The summed E-state index contributed by atoms with van der Waals surface area (Å²) in [4.78, 5) is 27.0. The van der Waals surface area contributed by atoms with Crippen molar-refractivity contribution in [1.82, 2.24) is 10.2 Å². The van der Waals surface area contributed by atoms with Gasteiger partial charge in [0.15, 0.2) is 0 Å². The minimum absolute atomic E-state index is 0.0941. The Hall–Kier alpha value is -1.36. The zero-order chi connectivity index (χ0) is 15.9. The highest BCUT2D eigenvalue weighted by molar-refractivity contribution is 7.10. The van der Waals surface area contributed by atoms with E-state index in [1.165, 1.54) is 32.6 Å². The molecule has 4 nitrogen and oxygen atoms in total. The van der Waals surface area contributed by atoms with Crippen molar-refractivity contribution >= 4 is 23.2 Å². The molecule has 0 aromatic carbocycles. The number of carbonyl (C=O) groups is 2. The van der Waals surface area contributed by atoms with Gasteiger partial charge in [0, 0.05) is 24.9 Å². The molecule has 1 atom stereocenters. The first-order valence-electron chi connectivity index (χ1n) is 8.14. The van der Waals surface area contributed by atoms with Crippen LogP contribution in [0.3, 0.4) is 0 Å². The van der Waals surface area contributed by atoms with Crippen LogP contribution < -0.4 is 5.32 Å². The Balaban J connectivity index is 1.98. The van der Waals surface area contributed by atoms with Gasteiger partial charge in [-0.3, -0.25) is 9.59 Å². The van der Waals surface area contributed by atoms with E-state index in [4.69, 9.17) is 0 Å². The standard InChI is InChI=1S/C17H26N2O2S/c1-13(20)18-15(16-10-7-11-22-16)12-17(21)19(2)14-8-5-3-4-6-9-14/h7,10-11,14-15H,3-6,8-9,12H2,1-2H3,(H,18,20).